The maximum Gasteiger partial charge on any atom is 0.0883 e. The van der Waals surface area contributed by atoms with Gasteiger partial charge in [-0.15, -0.1) is 0 Å². The summed E-state index contributed by atoms with van der Waals surface area (Å²) in [5.74, 6) is 0. The molecule has 3 nitrogen and oxygen atoms in total. The van der Waals surface area contributed by atoms with Crippen molar-refractivity contribution in [1.29, 1.82) is 0 Å². The van der Waals surface area contributed by atoms with Crippen LogP contribution in [0.1, 0.15) is 5.56 Å². The van der Waals surface area contributed by atoms with E-state index in [1.165, 1.54) is 5.69 Å². The number of aryl methyl sites for hydroxylation is 1. The second kappa shape index (κ2) is 4.03. The van der Waals surface area contributed by atoms with E-state index in [2.05, 4.69) is 21.2 Å². The third-order valence-electron chi connectivity index (χ3n) is 1.90. The van der Waals surface area contributed by atoms with E-state index in [1.54, 1.807) is 7.05 Å². The Labute approximate surface area is 79.1 Å². The Morgan fingerprint density at radius 1 is 1.23 bits per heavy atom. The lowest BCUT2D eigenvalue weighted by Gasteiger charge is -2.13. The van der Waals surface area contributed by atoms with E-state index in [1.807, 2.05) is 33.2 Å². The van der Waals surface area contributed by atoms with Crippen LogP contribution in [0.5, 0.6) is 0 Å². The molecule has 0 radical (unpaired) electrons. The molecule has 0 fully saturated rings. The lowest BCUT2D eigenvalue weighted by molar-refractivity contribution is 1.11. The number of azo groups is 1. The van der Waals surface area contributed by atoms with Gasteiger partial charge < -0.3 is 4.90 Å². The molecule has 0 amide bonds. The molecule has 0 saturated heterocycles. The lowest BCUT2D eigenvalue weighted by Crippen LogP contribution is -2.08. The van der Waals surface area contributed by atoms with Gasteiger partial charge in [-0.25, -0.2) is 0 Å². The topological polar surface area (TPSA) is 28.0 Å². The van der Waals surface area contributed by atoms with Crippen LogP contribution in [-0.4, -0.2) is 21.1 Å². The van der Waals surface area contributed by atoms with Crippen LogP contribution in [0.25, 0.3) is 0 Å². The number of anilines is 1. The van der Waals surface area contributed by atoms with Gasteiger partial charge in [0.2, 0.25) is 0 Å². The summed E-state index contributed by atoms with van der Waals surface area (Å²) in [5.41, 5.74) is 3.28. The molecule has 3 heteroatoms. The molecule has 13 heavy (non-hydrogen) atoms. The summed E-state index contributed by atoms with van der Waals surface area (Å²) >= 11 is 0. The first kappa shape index (κ1) is 9.71. The zero-order valence-electron chi connectivity index (χ0n) is 8.57. The maximum atomic E-state index is 4.01. The average Bonchev–Trinajstić information content (AvgIpc) is 2.08. The Bertz CT molecular complexity index is 316. The Morgan fingerprint density at radius 3 is 2.38 bits per heavy atom. The first-order chi connectivity index (χ1) is 6.15. The minimum Gasteiger partial charge on any atom is -0.378 e. The van der Waals surface area contributed by atoms with Gasteiger partial charge in [-0.05, 0) is 30.7 Å². The lowest BCUT2D eigenvalue weighted by atomic mass is 10.2. The molecule has 0 unspecified atom stereocenters. The smallest absolute Gasteiger partial charge is 0.0883 e. The molecular formula is C10H15N3. The molecule has 0 aromatic heterocycles. The Kier molecular flexibility index (Phi) is 3.01. The van der Waals surface area contributed by atoms with Crippen molar-refractivity contribution in [1.82, 2.24) is 0 Å². The van der Waals surface area contributed by atoms with Crippen molar-refractivity contribution in [2.45, 2.75) is 6.92 Å². The molecule has 0 aliphatic rings. The van der Waals surface area contributed by atoms with Gasteiger partial charge in [0.1, 0.15) is 0 Å². The highest BCUT2D eigenvalue weighted by Gasteiger charge is 1.99. The molecule has 0 N–H and O–H groups in total. The molecule has 1 aromatic carbocycles. The number of benzene rings is 1. The molecule has 0 heterocycles. The van der Waals surface area contributed by atoms with Crippen LogP contribution in [0.3, 0.4) is 0 Å². The van der Waals surface area contributed by atoms with Crippen molar-refractivity contribution in [3.05, 3.63) is 23.8 Å². The van der Waals surface area contributed by atoms with Crippen LogP contribution in [0, 0.1) is 6.92 Å². The number of hydrogen-bond donors (Lipinski definition) is 0. The summed E-state index contributed by atoms with van der Waals surface area (Å²) in [5, 5.41) is 7.77. The van der Waals surface area contributed by atoms with Gasteiger partial charge in [-0.2, -0.15) is 10.2 Å². The van der Waals surface area contributed by atoms with Gasteiger partial charge in [0.25, 0.3) is 0 Å². The third-order valence-corrected chi connectivity index (χ3v) is 1.90. The first-order valence-corrected chi connectivity index (χ1v) is 4.23. The van der Waals surface area contributed by atoms with Crippen LogP contribution in [0.15, 0.2) is 28.4 Å². The van der Waals surface area contributed by atoms with Crippen LogP contribution < -0.4 is 4.90 Å². The largest absolute Gasteiger partial charge is 0.378 e. The molecule has 0 bridgehead atoms. The Balaban J connectivity index is 3.05. The number of hydrogen-bond acceptors (Lipinski definition) is 3. The minimum absolute atomic E-state index is 0.938. The standard InChI is InChI=1S/C10H15N3/c1-8-7-9(13(3)4)5-6-10(8)12-11-2/h5-7H,1-4H3. The van der Waals surface area contributed by atoms with Crippen molar-refractivity contribution < 1.29 is 0 Å². The highest BCUT2D eigenvalue weighted by molar-refractivity contribution is 5.56. The first-order valence-electron chi connectivity index (χ1n) is 4.23. The zero-order chi connectivity index (χ0) is 9.84. The molecule has 1 aromatic rings. The van der Waals surface area contributed by atoms with Gasteiger partial charge >= 0.3 is 0 Å². The maximum absolute atomic E-state index is 4.01. The normalized spacial score (nSPS) is 10.8. The van der Waals surface area contributed by atoms with Gasteiger partial charge in [0.15, 0.2) is 0 Å². The van der Waals surface area contributed by atoms with Crippen molar-refractivity contribution in [2.75, 3.05) is 26.0 Å². The minimum atomic E-state index is 0.938. The van der Waals surface area contributed by atoms with Crippen molar-refractivity contribution in [3.8, 4) is 0 Å². The number of nitrogens with zero attached hydrogens (tertiary/aromatic N) is 3. The van der Waals surface area contributed by atoms with Gasteiger partial charge in [-0.3, -0.25) is 0 Å². The molecule has 0 aliphatic carbocycles. The quantitative estimate of drug-likeness (QED) is 0.638. The molecule has 70 valence electrons. The third kappa shape index (κ3) is 2.28. The van der Waals surface area contributed by atoms with Crippen LogP contribution >= 0.6 is 0 Å². The van der Waals surface area contributed by atoms with E-state index >= 15 is 0 Å². The zero-order valence-corrected chi connectivity index (χ0v) is 8.57. The Hall–Kier alpha value is -1.38. The molecule has 0 saturated carbocycles. The highest BCUT2D eigenvalue weighted by Crippen LogP contribution is 2.23. The molecule has 0 aliphatic heterocycles. The second-order valence-electron chi connectivity index (χ2n) is 3.17. The summed E-state index contributed by atoms with van der Waals surface area (Å²) in [6.45, 7) is 2.04. The molecule has 0 atom stereocenters. The van der Waals surface area contributed by atoms with Gasteiger partial charge in [0, 0.05) is 26.8 Å². The molecule has 0 spiro atoms. The van der Waals surface area contributed by atoms with E-state index in [9.17, 15) is 0 Å². The van der Waals surface area contributed by atoms with Crippen LogP contribution in [0.4, 0.5) is 11.4 Å². The molecular weight excluding hydrogens is 162 g/mol. The number of rotatable bonds is 2. The predicted molar refractivity (Wildman–Crippen MR) is 55.9 cm³/mol. The van der Waals surface area contributed by atoms with Crippen LogP contribution in [-0.2, 0) is 0 Å². The fourth-order valence-corrected chi connectivity index (χ4v) is 1.14. The fourth-order valence-electron chi connectivity index (χ4n) is 1.14. The van der Waals surface area contributed by atoms with Gasteiger partial charge in [0.05, 0.1) is 5.69 Å². The van der Waals surface area contributed by atoms with Crippen molar-refractivity contribution in [2.24, 2.45) is 10.2 Å². The SMILES string of the molecule is CN=Nc1ccc(N(C)C)cc1C. The summed E-state index contributed by atoms with van der Waals surface area (Å²) < 4.78 is 0. The van der Waals surface area contributed by atoms with E-state index in [0.29, 0.717) is 0 Å². The molecule has 1 rings (SSSR count). The summed E-state index contributed by atoms with van der Waals surface area (Å²) in [7, 11) is 5.73. The van der Waals surface area contributed by atoms with Crippen molar-refractivity contribution >= 4 is 11.4 Å². The average molecular weight is 177 g/mol. The van der Waals surface area contributed by atoms with Crippen LogP contribution in [0.2, 0.25) is 0 Å². The van der Waals surface area contributed by atoms with E-state index in [0.717, 1.165) is 11.3 Å². The summed E-state index contributed by atoms with van der Waals surface area (Å²) in [6.07, 6.45) is 0. The monoisotopic (exact) mass is 177 g/mol. The summed E-state index contributed by atoms with van der Waals surface area (Å²) in [4.78, 5) is 2.07. The van der Waals surface area contributed by atoms with E-state index in [4.69, 9.17) is 0 Å². The highest BCUT2D eigenvalue weighted by atomic mass is 15.1. The Morgan fingerprint density at radius 2 is 1.92 bits per heavy atom. The van der Waals surface area contributed by atoms with Gasteiger partial charge in [-0.1, -0.05) is 0 Å². The second-order valence-corrected chi connectivity index (χ2v) is 3.17. The van der Waals surface area contributed by atoms with E-state index < -0.39 is 0 Å². The fraction of sp³-hybridized carbons (Fsp3) is 0.400. The predicted octanol–water partition coefficient (Wildman–Crippen LogP) is 2.77. The van der Waals surface area contributed by atoms with Crippen molar-refractivity contribution in [3.63, 3.8) is 0 Å². The van der Waals surface area contributed by atoms with E-state index in [-0.39, 0.29) is 0 Å². The summed E-state index contributed by atoms with van der Waals surface area (Å²) in [6, 6.07) is 6.12.